The molecule has 1 N–H and O–H groups in total. The number of hydrogen-bond donors (Lipinski definition) is 1. The summed E-state index contributed by atoms with van der Waals surface area (Å²) in [7, 11) is 1.81. The van der Waals surface area contributed by atoms with E-state index >= 15 is 0 Å². The number of hydrogen-bond acceptors (Lipinski definition) is 3. The van der Waals surface area contributed by atoms with Gasteiger partial charge in [-0.1, -0.05) is 30.7 Å². The topological polar surface area (TPSA) is 47.3 Å². The zero-order valence-electron chi connectivity index (χ0n) is 11.9. The van der Waals surface area contributed by atoms with E-state index in [-0.39, 0.29) is 0 Å². The van der Waals surface area contributed by atoms with Gasteiger partial charge in [0.25, 0.3) is 0 Å². The van der Waals surface area contributed by atoms with E-state index in [9.17, 15) is 5.11 Å². The summed E-state index contributed by atoms with van der Waals surface area (Å²) in [4.78, 5) is 0. The van der Waals surface area contributed by atoms with E-state index in [2.05, 4.69) is 5.10 Å². The summed E-state index contributed by atoms with van der Waals surface area (Å²) in [5.74, 6) is 0.747. The molecule has 0 spiro atoms. The lowest BCUT2D eigenvalue weighted by atomic mass is 10.1. The number of halogens is 1. The summed E-state index contributed by atoms with van der Waals surface area (Å²) in [6.45, 7) is 4.24. The van der Waals surface area contributed by atoms with Crippen LogP contribution in [0.25, 0.3) is 0 Å². The molecule has 20 heavy (non-hydrogen) atoms. The molecule has 2 aromatic rings. The summed E-state index contributed by atoms with van der Waals surface area (Å²) in [5.41, 5.74) is 2.66. The second kappa shape index (κ2) is 6.29. The molecule has 2 rings (SSSR count). The van der Waals surface area contributed by atoms with Gasteiger partial charge >= 0.3 is 0 Å². The smallest absolute Gasteiger partial charge is 0.133 e. The fourth-order valence-corrected chi connectivity index (χ4v) is 2.24. The molecule has 1 atom stereocenters. The van der Waals surface area contributed by atoms with Gasteiger partial charge in [-0.3, -0.25) is 4.68 Å². The van der Waals surface area contributed by atoms with Crippen LogP contribution >= 0.6 is 11.6 Å². The molecule has 4 nitrogen and oxygen atoms in total. The molecule has 0 radical (unpaired) electrons. The Morgan fingerprint density at radius 1 is 1.35 bits per heavy atom. The molecular weight excluding hydrogens is 276 g/mol. The third kappa shape index (κ3) is 3.14. The summed E-state index contributed by atoms with van der Waals surface area (Å²) >= 11 is 6.15. The molecule has 1 aromatic heterocycles. The maximum atomic E-state index is 9.73. The van der Waals surface area contributed by atoms with Gasteiger partial charge in [-0.25, -0.2) is 0 Å². The largest absolute Gasteiger partial charge is 0.489 e. The highest BCUT2D eigenvalue weighted by molar-refractivity contribution is 6.30. The monoisotopic (exact) mass is 294 g/mol. The van der Waals surface area contributed by atoms with Gasteiger partial charge < -0.3 is 9.84 Å². The number of benzene rings is 1. The van der Waals surface area contributed by atoms with Crippen LogP contribution in [0.1, 0.15) is 36.3 Å². The minimum absolute atomic E-state index is 0.383. The van der Waals surface area contributed by atoms with E-state index in [1.165, 1.54) is 0 Å². The summed E-state index contributed by atoms with van der Waals surface area (Å²) in [5, 5.41) is 14.6. The van der Waals surface area contributed by atoms with Crippen molar-refractivity contribution >= 4 is 11.6 Å². The van der Waals surface area contributed by atoms with Crippen molar-refractivity contribution in [1.82, 2.24) is 9.78 Å². The van der Waals surface area contributed by atoms with Crippen molar-refractivity contribution < 1.29 is 9.84 Å². The van der Waals surface area contributed by atoms with E-state index < -0.39 is 6.10 Å². The van der Waals surface area contributed by atoms with Crippen LogP contribution in [0.3, 0.4) is 0 Å². The van der Waals surface area contributed by atoms with E-state index in [1.54, 1.807) is 11.7 Å². The van der Waals surface area contributed by atoms with Gasteiger partial charge in [-0.05, 0) is 31.0 Å². The number of ether oxygens (including phenoxy) is 1. The Hall–Kier alpha value is -1.52. The van der Waals surface area contributed by atoms with Crippen LogP contribution in [0.15, 0.2) is 24.3 Å². The third-order valence-corrected chi connectivity index (χ3v) is 3.78. The molecule has 1 heterocycles. The predicted octanol–water partition coefficient (Wildman–Crippen LogP) is 3.40. The van der Waals surface area contributed by atoms with Crippen molar-refractivity contribution in [2.45, 2.75) is 33.0 Å². The van der Waals surface area contributed by atoms with Gasteiger partial charge in [-0.15, -0.1) is 0 Å². The normalized spacial score (nSPS) is 12.4. The van der Waals surface area contributed by atoms with Crippen molar-refractivity contribution in [3.8, 4) is 5.75 Å². The van der Waals surface area contributed by atoms with E-state index in [1.807, 2.05) is 38.1 Å². The van der Waals surface area contributed by atoms with Crippen LogP contribution < -0.4 is 4.74 Å². The highest BCUT2D eigenvalue weighted by Crippen LogP contribution is 2.23. The lowest BCUT2D eigenvalue weighted by molar-refractivity contribution is 0.173. The molecule has 0 aliphatic carbocycles. The highest BCUT2D eigenvalue weighted by Gasteiger charge is 2.12. The average molecular weight is 295 g/mol. The SMILES string of the molecule is CC[C@H](O)c1ccc(OCc2c(C)nn(C)c2Cl)cc1. The summed E-state index contributed by atoms with van der Waals surface area (Å²) < 4.78 is 7.35. The zero-order chi connectivity index (χ0) is 14.7. The molecule has 0 saturated carbocycles. The van der Waals surface area contributed by atoms with E-state index in [0.29, 0.717) is 18.2 Å². The van der Waals surface area contributed by atoms with Crippen LogP contribution in [0, 0.1) is 6.92 Å². The molecular formula is C15H19ClN2O2. The Bertz CT molecular complexity index is 578. The Labute approximate surface area is 123 Å². The second-order valence-electron chi connectivity index (χ2n) is 4.76. The first-order valence-corrected chi connectivity index (χ1v) is 6.99. The van der Waals surface area contributed by atoms with Crippen LogP contribution in [-0.2, 0) is 13.7 Å². The van der Waals surface area contributed by atoms with Gasteiger partial charge in [0.05, 0.1) is 11.8 Å². The lowest BCUT2D eigenvalue weighted by Crippen LogP contribution is -1.98. The van der Waals surface area contributed by atoms with Crippen LogP contribution in [0.2, 0.25) is 5.15 Å². The molecule has 108 valence electrons. The fourth-order valence-electron chi connectivity index (χ4n) is 2.02. The number of aliphatic hydroxyl groups excluding tert-OH is 1. The van der Waals surface area contributed by atoms with Crippen molar-refractivity contribution in [3.05, 3.63) is 46.2 Å². The predicted molar refractivity (Wildman–Crippen MR) is 79.0 cm³/mol. The summed E-state index contributed by atoms with van der Waals surface area (Å²) in [6, 6.07) is 7.46. The molecule has 0 saturated heterocycles. The zero-order valence-corrected chi connectivity index (χ0v) is 12.7. The van der Waals surface area contributed by atoms with Crippen molar-refractivity contribution in [1.29, 1.82) is 0 Å². The van der Waals surface area contributed by atoms with Gasteiger partial charge in [0, 0.05) is 12.6 Å². The number of aromatic nitrogens is 2. The Kier molecular flexibility index (Phi) is 4.68. The van der Waals surface area contributed by atoms with Crippen LogP contribution in [-0.4, -0.2) is 14.9 Å². The Morgan fingerprint density at radius 3 is 2.50 bits per heavy atom. The molecule has 5 heteroatoms. The standard InChI is InChI=1S/C15H19ClN2O2/c1-4-14(19)11-5-7-12(8-6-11)20-9-13-10(2)17-18(3)15(13)16/h5-8,14,19H,4,9H2,1-3H3/t14-/m0/s1. The minimum Gasteiger partial charge on any atom is -0.489 e. The molecule has 0 aliphatic rings. The maximum Gasteiger partial charge on any atom is 0.133 e. The Balaban J connectivity index is 2.04. The molecule has 0 amide bonds. The fraction of sp³-hybridized carbons (Fsp3) is 0.400. The highest BCUT2D eigenvalue weighted by atomic mass is 35.5. The first kappa shape index (κ1) is 14.9. The molecule has 1 aromatic carbocycles. The average Bonchev–Trinajstić information content (AvgIpc) is 2.70. The number of aryl methyl sites for hydroxylation is 2. The van der Waals surface area contributed by atoms with Crippen molar-refractivity contribution in [2.75, 3.05) is 0 Å². The van der Waals surface area contributed by atoms with Crippen LogP contribution in [0.4, 0.5) is 0 Å². The lowest BCUT2D eigenvalue weighted by Gasteiger charge is -2.10. The first-order valence-electron chi connectivity index (χ1n) is 6.61. The van der Waals surface area contributed by atoms with Gasteiger partial charge in [0.2, 0.25) is 0 Å². The van der Waals surface area contributed by atoms with Crippen LogP contribution in [0.5, 0.6) is 5.75 Å². The third-order valence-electron chi connectivity index (χ3n) is 3.30. The summed E-state index contributed by atoms with van der Waals surface area (Å²) in [6.07, 6.45) is 0.282. The second-order valence-corrected chi connectivity index (χ2v) is 5.12. The molecule has 0 fully saturated rings. The minimum atomic E-state index is -0.418. The number of nitrogens with zero attached hydrogens (tertiary/aromatic N) is 2. The Morgan fingerprint density at radius 2 is 2.00 bits per heavy atom. The molecule has 0 bridgehead atoms. The van der Waals surface area contributed by atoms with E-state index in [0.717, 1.165) is 22.6 Å². The van der Waals surface area contributed by atoms with Gasteiger partial charge in [-0.2, -0.15) is 5.10 Å². The number of aliphatic hydroxyl groups is 1. The number of rotatable bonds is 5. The maximum absolute atomic E-state index is 9.73. The quantitative estimate of drug-likeness (QED) is 0.919. The molecule has 0 unspecified atom stereocenters. The molecule has 0 aliphatic heterocycles. The first-order chi connectivity index (χ1) is 9.52. The van der Waals surface area contributed by atoms with Crippen molar-refractivity contribution in [2.24, 2.45) is 7.05 Å². The van der Waals surface area contributed by atoms with Crippen molar-refractivity contribution in [3.63, 3.8) is 0 Å². The van der Waals surface area contributed by atoms with Gasteiger partial charge in [0.1, 0.15) is 17.5 Å². The van der Waals surface area contributed by atoms with Gasteiger partial charge in [0.15, 0.2) is 0 Å². The van der Waals surface area contributed by atoms with E-state index in [4.69, 9.17) is 16.3 Å².